The third kappa shape index (κ3) is 2.95. The Balaban J connectivity index is 2.49. The highest BCUT2D eigenvalue weighted by Crippen LogP contribution is 2.34. The van der Waals surface area contributed by atoms with Crippen LogP contribution < -0.4 is 0 Å². The summed E-state index contributed by atoms with van der Waals surface area (Å²) in [4.78, 5) is 0. The van der Waals surface area contributed by atoms with Crippen molar-refractivity contribution in [2.75, 3.05) is 0 Å². The average molecular weight is 350 g/mol. The minimum Gasteiger partial charge on any atom is -0.207 e. The second kappa shape index (κ2) is 5.55. The second-order valence-electron chi connectivity index (χ2n) is 4.15. The van der Waals surface area contributed by atoms with Crippen molar-refractivity contribution in [3.05, 3.63) is 68.9 Å². The van der Waals surface area contributed by atoms with E-state index in [1.54, 1.807) is 6.07 Å². The van der Waals surface area contributed by atoms with Crippen LogP contribution in [0.25, 0.3) is 0 Å². The first-order valence-electron chi connectivity index (χ1n) is 5.44. The number of halogens is 5. The van der Waals surface area contributed by atoms with Gasteiger partial charge in [-0.1, -0.05) is 22.0 Å². The number of hydrogen-bond acceptors (Lipinski definition) is 0. The van der Waals surface area contributed by atoms with E-state index in [0.717, 1.165) is 12.1 Å². The molecule has 0 aliphatic carbocycles. The van der Waals surface area contributed by atoms with Crippen LogP contribution in [-0.2, 0) is 0 Å². The molecule has 1 atom stereocenters. The van der Waals surface area contributed by atoms with Crippen LogP contribution in [0.1, 0.15) is 22.1 Å². The Hall–Kier alpha value is -1.00. The van der Waals surface area contributed by atoms with Crippen LogP contribution in [0.15, 0.2) is 34.8 Å². The molecule has 2 rings (SSSR count). The van der Waals surface area contributed by atoms with Crippen LogP contribution in [-0.4, -0.2) is 0 Å². The fourth-order valence-electron chi connectivity index (χ4n) is 1.73. The molecule has 0 aliphatic rings. The maximum absolute atomic E-state index is 13.8. The van der Waals surface area contributed by atoms with E-state index in [2.05, 4.69) is 15.9 Å². The number of aryl methyl sites for hydroxylation is 1. The van der Waals surface area contributed by atoms with Crippen molar-refractivity contribution >= 4 is 27.5 Å². The van der Waals surface area contributed by atoms with Gasteiger partial charge in [0.1, 0.15) is 17.5 Å². The molecule has 0 fully saturated rings. The van der Waals surface area contributed by atoms with Crippen LogP contribution >= 0.6 is 27.5 Å². The van der Waals surface area contributed by atoms with Crippen molar-refractivity contribution in [3.8, 4) is 0 Å². The van der Waals surface area contributed by atoms with Gasteiger partial charge in [-0.2, -0.15) is 0 Å². The highest BCUT2D eigenvalue weighted by atomic mass is 79.9. The Morgan fingerprint density at radius 2 is 1.58 bits per heavy atom. The minimum absolute atomic E-state index is 0.0778. The molecule has 2 aromatic carbocycles. The van der Waals surface area contributed by atoms with E-state index in [0.29, 0.717) is 4.47 Å². The predicted octanol–water partition coefficient (Wildman–Crippen LogP) is 5.50. The van der Waals surface area contributed by atoms with Gasteiger partial charge in [-0.3, -0.25) is 0 Å². The molecule has 1 unspecified atom stereocenters. The normalized spacial score (nSPS) is 12.5. The molecule has 100 valence electrons. The molecule has 0 aliphatic heterocycles. The molecule has 0 saturated carbocycles. The zero-order chi connectivity index (χ0) is 14.2. The number of hydrogen-bond donors (Lipinski definition) is 0. The summed E-state index contributed by atoms with van der Waals surface area (Å²) in [5.74, 6) is -1.80. The van der Waals surface area contributed by atoms with Gasteiger partial charge >= 0.3 is 0 Å². The van der Waals surface area contributed by atoms with E-state index in [1.165, 1.54) is 19.1 Å². The third-order valence-electron chi connectivity index (χ3n) is 2.79. The van der Waals surface area contributed by atoms with Crippen LogP contribution in [0.5, 0.6) is 0 Å². The molecule has 0 spiro atoms. The van der Waals surface area contributed by atoms with E-state index in [1.807, 2.05) is 0 Å². The third-order valence-corrected chi connectivity index (χ3v) is 3.75. The zero-order valence-electron chi connectivity index (χ0n) is 9.85. The molecule has 0 saturated heterocycles. The van der Waals surface area contributed by atoms with Crippen molar-refractivity contribution in [2.45, 2.75) is 12.3 Å². The molecule has 0 amide bonds. The van der Waals surface area contributed by atoms with E-state index < -0.39 is 22.8 Å². The SMILES string of the molecule is Cc1cc(F)c(C(Cl)c2ccc(Br)cc2F)cc1F. The van der Waals surface area contributed by atoms with Crippen molar-refractivity contribution in [1.82, 2.24) is 0 Å². The summed E-state index contributed by atoms with van der Waals surface area (Å²) in [5, 5.41) is -1.08. The maximum Gasteiger partial charge on any atom is 0.129 e. The first-order valence-corrected chi connectivity index (χ1v) is 6.67. The second-order valence-corrected chi connectivity index (χ2v) is 5.50. The average Bonchev–Trinajstić information content (AvgIpc) is 2.33. The first kappa shape index (κ1) is 14.4. The lowest BCUT2D eigenvalue weighted by Gasteiger charge is -2.13. The lowest BCUT2D eigenvalue weighted by molar-refractivity contribution is 0.574. The van der Waals surface area contributed by atoms with Gasteiger partial charge in [0, 0.05) is 15.6 Å². The molecule has 0 bridgehead atoms. The molecule has 5 heteroatoms. The van der Waals surface area contributed by atoms with Crippen LogP contribution in [0.4, 0.5) is 13.2 Å². The van der Waals surface area contributed by atoms with Crippen molar-refractivity contribution in [2.24, 2.45) is 0 Å². The van der Waals surface area contributed by atoms with Crippen LogP contribution in [0.3, 0.4) is 0 Å². The van der Waals surface area contributed by atoms with Crippen LogP contribution in [0, 0.1) is 24.4 Å². The number of benzene rings is 2. The predicted molar refractivity (Wildman–Crippen MR) is 72.9 cm³/mol. The monoisotopic (exact) mass is 348 g/mol. The summed E-state index contributed by atoms with van der Waals surface area (Å²) in [6, 6.07) is 6.32. The Bertz CT molecular complexity index is 628. The summed E-state index contributed by atoms with van der Waals surface area (Å²) in [7, 11) is 0. The highest BCUT2D eigenvalue weighted by molar-refractivity contribution is 9.10. The Labute approximate surface area is 122 Å². The largest absolute Gasteiger partial charge is 0.207 e. The lowest BCUT2D eigenvalue weighted by atomic mass is 10.0. The van der Waals surface area contributed by atoms with Crippen molar-refractivity contribution < 1.29 is 13.2 Å². The molecule has 2 aromatic rings. The summed E-state index contributed by atoms with van der Waals surface area (Å²) in [6.45, 7) is 1.45. The first-order chi connectivity index (χ1) is 8.90. The Morgan fingerprint density at radius 1 is 0.947 bits per heavy atom. The van der Waals surface area contributed by atoms with Gasteiger partial charge in [-0.25, -0.2) is 13.2 Å². The molecule has 0 nitrogen and oxygen atoms in total. The van der Waals surface area contributed by atoms with E-state index in [-0.39, 0.29) is 16.7 Å². The maximum atomic E-state index is 13.8. The number of alkyl halides is 1. The van der Waals surface area contributed by atoms with Gasteiger partial charge in [-0.15, -0.1) is 11.6 Å². The van der Waals surface area contributed by atoms with E-state index >= 15 is 0 Å². The van der Waals surface area contributed by atoms with Gasteiger partial charge in [0.2, 0.25) is 0 Å². The van der Waals surface area contributed by atoms with Gasteiger partial charge < -0.3 is 0 Å². The fraction of sp³-hybridized carbons (Fsp3) is 0.143. The molecule has 0 N–H and O–H groups in total. The summed E-state index contributed by atoms with van der Waals surface area (Å²) < 4.78 is 41.6. The lowest BCUT2D eigenvalue weighted by Crippen LogP contribution is -2.02. The zero-order valence-corrected chi connectivity index (χ0v) is 12.2. The fourth-order valence-corrected chi connectivity index (χ4v) is 2.41. The Morgan fingerprint density at radius 3 is 2.21 bits per heavy atom. The smallest absolute Gasteiger partial charge is 0.129 e. The van der Waals surface area contributed by atoms with Gasteiger partial charge in [0.15, 0.2) is 0 Å². The minimum atomic E-state index is -1.08. The molecule has 0 aromatic heterocycles. The Kier molecular flexibility index (Phi) is 4.21. The van der Waals surface area contributed by atoms with E-state index in [4.69, 9.17) is 11.6 Å². The quantitative estimate of drug-likeness (QED) is 0.628. The standard InChI is InChI=1S/C14H9BrClF3/c1-7-4-12(18)10(6-11(7)17)14(16)9-3-2-8(15)5-13(9)19/h2-6,14H,1H3. The van der Waals surface area contributed by atoms with Gasteiger partial charge in [0.25, 0.3) is 0 Å². The molecule has 19 heavy (non-hydrogen) atoms. The van der Waals surface area contributed by atoms with Crippen molar-refractivity contribution in [1.29, 1.82) is 0 Å². The molecule has 0 radical (unpaired) electrons. The van der Waals surface area contributed by atoms with Gasteiger partial charge in [0.05, 0.1) is 5.38 Å². The summed E-state index contributed by atoms with van der Waals surface area (Å²) in [6.07, 6.45) is 0. The molecular formula is C14H9BrClF3. The molecular weight excluding hydrogens is 341 g/mol. The van der Waals surface area contributed by atoms with Gasteiger partial charge in [-0.05, 0) is 36.8 Å². The van der Waals surface area contributed by atoms with Crippen LogP contribution in [0.2, 0.25) is 0 Å². The molecule has 0 heterocycles. The van der Waals surface area contributed by atoms with Crippen molar-refractivity contribution in [3.63, 3.8) is 0 Å². The highest BCUT2D eigenvalue weighted by Gasteiger charge is 2.20. The van der Waals surface area contributed by atoms with E-state index in [9.17, 15) is 13.2 Å². The summed E-state index contributed by atoms with van der Waals surface area (Å²) >= 11 is 9.18. The summed E-state index contributed by atoms with van der Waals surface area (Å²) in [5.41, 5.74) is 0.208. The number of rotatable bonds is 2. The topological polar surface area (TPSA) is 0 Å².